The summed E-state index contributed by atoms with van der Waals surface area (Å²) in [5.41, 5.74) is 2.44. The summed E-state index contributed by atoms with van der Waals surface area (Å²) in [7, 11) is 4.12. The zero-order valence-electron chi connectivity index (χ0n) is 11.5. The Kier molecular flexibility index (Phi) is 4.88. The molecular formula is C15H24N2O. The molecule has 1 N–H and O–H groups in total. The molecular weight excluding hydrogens is 224 g/mol. The van der Waals surface area contributed by atoms with Crippen LogP contribution in [0.2, 0.25) is 0 Å². The van der Waals surface area contributed by atoms with E-state index in [4.69, 9.17) is 4.74 Å². The van der Waals surface area contributed by atoms with Gasteiger partial charge in [-0.25, -0.2) is 0 Å². The van der Waals surface area contributed by atoms with Gasteiger partial charge in [0.2, 0.25) is 0 Å². The summed E-state index contributed by atoms with van der Waals surface area (Å²) in [6.45, 7) is 1.99. The lowest BCUT2D eigenvalue weighted by Gasteiger charge is -2.14. The number of hydrogen-bond acceptors (Lipinski definition) is 3. The summed E-state index contributed by atoms with van der Waals surface area (Å²) in [6, 6.07) is 8.56. The number of nitrogens with one attached hydrogen (secondary N) is 1. The largest absolute Gasteiger partial charge is 0.385 e. The van der Waals surface area contributed by atoms with Crippen LogP contribution in [0.5, 0.6) is 0 Å². The summed E-state index contributed by atoms with van der Waals surface area (Å²) in [4.78, 5) is 2.11. The van der Waals surface area contributed by atoms with Crippen LogP contribution < -0.4 is 10.2 Å². The molecule has 0 saturated carbocycles. The van der Waals surface area contributed by atoms with Crippen LogP contribution in [0, 0.1) is 0 Å². The summed E-state index contributed by atoms with van der Waals surface area (Å²) < 4.78 is 5.61. The molecule has 0 amide bonds. The molecule has 3 heteroatoms. The molecule has 1 unspecified atom stereocenters. The van der Waals surface area contributed by atoms with Gasteiger partial charge in [-0.3, -0.25) is 0 Å². The topological polar surface area (TPSA) is 24.5 Å². The number of rotatable bonds is 6. The van der Waals surface area contributed by atoms with Crippen molar-refractivity contribution in [2.24, 2.45) is 0 Å². The van der Waals surface area contributed by atoms with Crippen LogP contribution in [0.1, 0.15) is 25.7 Å². The maximum absolute atomic E-state index is 5.61. The molecule has 1 atom stereocenters. The fraction of sp³-hybridized carbons (Fsp3) is 0.600. The van der Waals surface area contributed by atoms with Gasteiger partial charge in [0, 0.05) is 38.6 Å². The summed E-state index contributed by atoms with van der Waals surface area (Å²) in [5.74, 6) is 0. The monoisotopic (exact) mass is 248 g/mol. The van der Waals surface area contributed by atoms with E-state index in [-0.39, 0.29) is 0 Å². The van der Waals surface area contributed by atoms with Crippen LogP contribution in [0.15, 0.2) is 24.3 Å². The average molecular weight is 248 g/mol. The molecule has 1 aromatic rings. The van der Waals surface area contributed by atoms with Gasteiger partial charge in [0.15, 0.2) is 0 Å². The third-order valence-corrected chi connectivity index (χ3v) is 3.44. The molecule has 0 spiro atoms. The van der Waals surface area contributed by atoms with Gasteiger partial charge in [0.1, 0.15) is 0 Å². The summed E-state index contributed by atoms with van der Waals surface area (Å²) >= 11 is 0. The third kappa shape index (κ3) is 3.91. The Morgan fingerprint density at radius 2 is 2.06 bits per heavy atom. The first-order valence-corrected chi connectivity index (χ1v) is 6.88. The molecule has 1 saturated heterocycles. The molecule has 1 heterocycles. The lowest BCUT2D eigenvalue weighted by atomic mass is 10.1. The highest BCUT2D eigenvalue weighted by Gasteiger charge is 2.14. The molecule has 0 radical (unpaired) electrons. The summed E-state index contributed by atoms with van der Waals surface area (Å²) in [5, 5.41) is 3.46. The first-order valence-electron chi connectivity index (χ1n) is 6.88. The van der Waals surface area contributed by atoms with Crippen molar-refractivity contribution in [3.05, 3.63) is 24.3 Å². The molecule has 0 aromatic heterocycles. The number of hydrogen-bond donors (Lipinski definition) is 1. The number of nitrogens with zero attached hydrogens (tertiary/aromatic N) is 1. The Morgan fingerprint density at radius 3 is 2.67 bits per heavy atom. The zero-order chi connectivity index (χ0) is 12.8. The molecule has 1 fully saturated rings. The maximum Gasteiger partial charge on any atom is 0.0576 e. The van der Waals surface area contributed by atoms with E-state index in [1.165, 1.54) is 37.1 Å². The minimum atomic E-state index is 0.517. The fourth-order valence-corrected chi connectivity index (χ4v) is 2.31. The van der Waals surface area contributed by atoms with Crippen molar-refractivity contribution < 1.29 is 4.74 Å². The Bertz CT molecular complexity index is 342. The summed E-state index contributed by atoms with van der Waals surface area (Å²) in [6.07, 6.45) is 5.37. The quantitative estimate of drug-likeness (QED) is 0.783. The van der Waals surface area contributed by atoms with Crippen LogP contribution in [0.3, 0.4) is 0 Å². The highest BCUT2D eigenvalue weighted by molar-refractivity contribution is 5.54. The van der Waals surface area contributed by atoms with Crippen molar-refractivity contribution >= 4 is 11.4 Å². The van der Waals surface area contributed by atoms with Gasteiger partial charge in [0.05, 0.1) is 6.10 Å². The van der Waals surface area contributed by atoms with Crippen LogP contribution in [-0.2, 0) is 4.74 Å². The van der Waals surface area contributed by atoms with Crippen LogP contribution in [0.25, 0.3) is 0 Å². The number of ether oxygens (including phenoxy) is 1. The van der Waals surface area contributed by atoms with Gasteiger partial charge in [-0.1, -0.05) is 0 Å². The second-order valence-electron chi connectivity index (χ2n) is 5.15. The molecule has 1 aliphatic rings. The normalized spacial score (nSPS) is 18.9. The SMILES string of the molecule is CN(C)c1ccc(NCCCC2CCCO2)cc1. The molecule has 1 aliphatic heterocycles. The average Bonchev–Trinajstić information content (AvgIpc) is 2.88. The predicted molar refractivity (Wildman–Crippen MR) is 77.5 cm³/mol. The van der Waals surface area contributed by atoms with Gasteiger partial charge >= 0.3 is 0 Å². The van der Waals surface area contributed by atoms with Gasteiger partial charge in [-0.15, -0.1) is 0 Å². The molecule has 18 heavy (non-hydrogen) atoms. The van der Waals surface area contributed by atoms with Crippen molar-refractivity contribution in [3.63, 3.8) is 0 Å². The molecule has 0 bridgehead atoms. The fourth-order valence-electron chi connectivity index (χ4n) is 2.31. The van der Waals surface area contributed by atoms with Crippen molar-refractivity contribution in [1.82, 2.24) is 0 Å². The van der Waals surface area contributed by atoms with Gasteiger partial charge in [0.25, 0.3) is 0 Å². The number of benzene rings is 1. The van der Waals surface area contributed by atoms with Crippen LogP contribution >= 0.6 is 0 Å². The molecule has 2 rings (SSSR count). The van der Waals surface area contributed by atoms with E-state index in [0.717, 1.165) is 13.2 Å². The number of anilines is 2. The van der Waals surface area contributed by atoms with Crippen molar-refractivity contribution in [2.45, 2.75) is 31.8 Å². The van der Waals surface area contributed by atoms with Crippen molar-refractivity contribution in [2.75, 3.05) is 37.5 Å². The predicted octanol–water partition coefficient (Wildman–Crippen LogP) is 3.12. The van der Waals surface area contributed by atoms with E-state index in [0.29, 0.717) is 6.10 Å². The van der Waals surface area contributed by atoms with Crippen molar-refractivity contribution in [1.29, 1.82) is 0 Å². The van der Waals surface area contributed by atoms with Crippen LogP contribution in [-0.4, -0.2) is 33.4 Å². The third-order valence-electron chi connectivity index (χ3n) is 3.44. The lowest BCUT2D eigenvalue weighted by Crippen LogP contribution is -2.10. The van der Waals surface area contributed by atoms with Crippen LogP contribution in [0.4, 0.5) is 11.4 Å². The van der Waals surface area contributed by atoms with E-state index in [9.17, 15) is 0 Å². The van der Waals surface area contributed by atoms with Gasteiger partial charge < -0.3 is 15.0 Å². The molecule has 0 aliphatic carbocycles. The minimum Gasteiger partial charge on any atom is -0.385 e. The molecule has 3 nitrogen and oxygen atoms in total. The first kappa shape index (κ1) is 13.2. The molecule has 1 aromatic carbocycles. The van der Waals surface area contributed by atoms with E-state index in [1.807, 2.05) is 0 Å². The molecule has 100 valence electrons. The highest BCUT2D eigenvalue weighted by Crippen LogP contribution is 2.18. The Labute approximate surface area is 110 Å². The second kappa shape index (κ2) is 6.64. The van der Waals surface area contributed by atoms with Gasteiger partial charge in [-0.05, 0) is 49.9 Å². The zero-order valence-corrected chi connectivity index (χ0v) is 11.5. The smallest absolute Gasteiger partial charge is 0.0576 e. The Morgan fingerprint density at radius 1 is 1.28 bits per heavy atom. The first-order chi connectivity index (χ1) is 8.75. The minimum absolute atomic E-state index is 0.517. The van der Waals surface area contributed by atoms with E-state index in [1.54, 1.807) is 0 Å². The van der Waals surface area contributed by atoms with E-state index < -0.39 is 0 Å². The maximum atomic E-state index is 5.61. The second-order valence-corrected chi connectivity index (χ2v) is 5.15. The van der Waals surface area contributed by atoms with E-state index in [2.05, 4.69) is 48.6 Å². The van der Waals surface area contributed by atoms with Crippen molar-refractivity contribution in [3.8, 4) is 0 Å². The Hall–Kier alpha value is -1.22. The Balaban J connectivity index is 1.66. The van der Waals surface area contributed by atoms with E-state index >= 15 is 0 Å². The van der Waals surface area contributed by atoms with Gasteiger partial charge in [-0.2, -0.15) is 0 Å². The highest BCUT2D eigenvalue weighted by atomic mass is 16.5. The standard InChI is InChI=1S/C15H24N2O/c1-17(2)14-9-7-13(8-10-14)16-11-3-5-15-6-4-12-18-15/h7-10,15-16H,3-6,11-12H2,1-2H3. The lowest BCUT2D eigenvalue weighted by molar-refractivity contribution is 0.103.